The third-order valence-corrected chi connectivity index (χ3v) is 6.11. The van der Waals surface area contributed by atoms with E-state index in [4.69, 9.17) is 28.4 Å². The number of hydrogen-bond donors (Lipinski definition) is 0. The van der Waals surface area contributed by atoms with Crippen LogP contribution in [0.15, 0.2) is 0 Å². The molecule has 0 N–H and O–H groups in total. The largest absolute Gasteiger partial charge is 0.350 e. The second kappa shape index (κ2) is 8.12. The molecule has 6 atom stereocenters. The monoisotopic (exact) mass is 400 g/mol. The van der Waals surface area contributed by atoms with Crippen LogP contribution in [0.25, 0.3) is 0 Å². The molecule has 3 aliphatic rings. The van der Waals surface area contributed by atoms with Crippen LogP contribution in [-0.4, -0.2) is 55.0 Å². The average molecular weight is 401 g/mol. The van der Waals surface area contributed by atoms with Crippen LogP contribution in [0, 0.1) is 11.8 Å². The number of rotatable bonds is 4. The fraction of sp³-hybridized carbons (Fsp3) is 1.00. The maximum atomic E-state index is 6.36. The van der Waals surface area contributed by atoms with Crippen LogP contribution in [-0.2, 0) is 28.4 Å². The zero-order valence-electron chi connectivity index (χ0n) is 18.9. The van der Waals surface area contributed by atoms with Crippen molar-refractivity contribution in [2.75, 3.05) is 13.2 Å². The van der Waals surface area contributed by atoms with Crippen molar-refractivity contribution in [2.45, 2.75) is 116 Å². The lowest BCUT2D eigenvalue weighted by atomic mass is 9.85. The van der Waals surface area contributed by atoms with Crippen LogP contribution in [0.5, 0.6) is 0 Å². The van der Waals surface area contributed by atoms with Crippen LogP contribution in [0.1, 0.15) is 74.7 Å². The van der Waals surface area contributed by atoms with E-state index in [1.165, 1.54) is 0 Å². The molecule has 0 unspecified atom stereocenters. The summed E-state index contributed by atoms with van der Waals surface area (Å²) < 4.78 is 36.5. The maximum Gasteiger partial charge on any atom is 0.163 e. The predicted molar refractivity (Wildman–Crippen MR) is 106 cm³/mol. The highest BCUT2D eigenvalue weighted by molar-refractivity contribution is 4.89. The Balaban J connectivity index is 1.66. The van der Waals surface area contributed by atoms with Gasteiger partial charge in [0.15, 0.2) is 17.4 Å². The van der Waals surface area contributed by atoms with Crippen LogP contribution in [0.2, 0.25) is 0 Å². The molecule has 3 fully saturated rings. The molecule has 0 aromatic carbocycles. The first-order valence-corrected chi connectivity index (χ1v) is 10.8. The third kappa shape index (κ3) is 5.67. The topological polar surface area (TPSA) is 55.4 Å². The van der Waals surface area contributed by atoms with E-state index < -0.39 is 17.4 Å². The first kappa shape index (κ1) is 22.4. The summed E-state index contributed by atoms with van der Waals surface area (Å²) in [5.41, 5.74) is 0. The summed E-state index contributed by atoms with van der Waals surface area (Å²) in [5, 5.41) is 0. The Hall–Kier alpha value is -0.240. The van der Waals surface area contributed by atoms with Crippen molar-refractivity contribution in [3.8, 4) is 0 Å². The van der Waals surface area contributed by atoms with Crippen molar-refractivity contribution in [2.24, 2.45) is 11.8 Å². The summed E-state index contributed by atoms with van der Waals surface area (Å²) in [5.74, 6) is -1.09. The van der Waals surface area contributed by atoms with Crippen molar-refractivity contribution in [1.82, 2.24) is 0 Å². The van der Waals surface area contributed by atoms with Crippen LogP contribution >= 0.6 is 0 Å². The van der Waals surface area contributed by atoms with Crippen LogP contribution < -0.4 is 0 Å². The van der Waals surface area contributed by atoms with Crippen molar-refractivity contribution in [3.05, 3.63) is 0 Å². The molecule has 3 saturated heterocycles. The molecule has 0 bridgehead atoms. The Bertz CT molecular complexity index is 531. The fourth-order valence-electron chi connectivity index (χ4n) is 4.56. The standard InChI is InChI=1S/C22H40O6/c1-14-13-24-21(5,6)26-17(14)12-19-15(2)18(27-22(7,8)28-19)11-16-9-10-23-20(3,4)25-16/h14-19H,9-13H2,1-8H3/t14-,15+,16+,17-,18-,19-/m1/s1. The molecule has 6 nitrogen and oxygen atoms in total. The van der Waals surface area contributed by atoms with E-state index in [9.17, 15) is 0 Å². The highest BCUT2D eigenvalue weighted by Gasteiger charge is 2.45. The lowest BCUT2D eigenvalue weighted by Crippen LogP contribution is -2.54. The number of ether oxygens (including phenoxy) is 6. The highest BCUT2D eigenvalue weighted by atomic mass is 16.7. The zero-order valence-corrected chi connectivity index (χ0v) is 18.9. The molecule has 6 heteroatoms. The van der Waals surface area contributed by atoms with Gasteiger partial charge in [-0.05, 0) is 48.0 Å². The molecular formula is C22H40O6. The summed E-state index contributed by atoms with van der Waals surface area (Å²) in [4.78, 5) is 0. The van der Waals surface area contributed by atoms with Crippen molar-refractivity contribution in [1.29, 1.82) is 0 Å². The van der Waals surface area contributed by atoms with Crippen molar-refractivity contribution < 1.29 is 28.4 Å². The summed E-state index contributed by atoms with van der Waals surface area (Å²) in [6.45, 7) is 17.8. The second-order valence-corrected chi connectivity index (χ2v) is 10.2. The van der Waals surface area contributed by atoms with E-state index in [1.807, 2.05) is 41.5 Å². The Labute approximate surface area is 170 Å². The van der Waals surface area contributed by atoms with E-state index in [1.54, 1.807) is 0 Å². The smallest absolute Gasteiger partial charge is 0.163 e. The minimum Gasteiger partial charge on any atom is -0.350 e. The number of hydrogen-bond acceptors (Lipinski definition) is 6. The van der Waals surface area contributed by atoms with Gasteiger partial charge in [-0.3, -0.25) is 0 Å². The highest BCUT2D eigenvalue weighted by Crippen LogP contribution is 2.39. The predicted octanol–water partition coefficient (Wildman–Crippen LogP) is 4.25. The quantitative estimate of drug-likeness (QED) is 0.703. The summed E-state index contributed by atoms with van der Waals surface area (Å²) in [6, 6.07) is 0. The van der Waals surface area contributed by atoms with Crippen molar-refractivity contribution >= 4 is 0 Å². The van der Waals surface area contributed by atoms with E-state index >= 15 is 0 Å². The first-order chi connectivity index (χ1) is 12.9. The second-order valence-electron chi connectivity index (χ2n) is 10.2. The van der Waals surface area contributed by atoms with Gasteiger partial charge in [0.05, 0.1) is 37.6 Å². The molecule has 28 heavy (non-hydrogen) atoms. The lowest BCUT2D eigenvalue weighted by Gasteiger charge is -2.49. The Morgan fingerprint density at radius 1 is 0.679 bits per heavy atom. The van der Waals surface area contributed by atoms with E-state index in [-0.39, 0.29) is 30.3 Å². The van der Waals surface area contributed by atoms with E-state index in [2.05, 4.69) is 13.8 Å². The summed E-state index contributed by atoms with van der Waals surface area (Å²) in [6.07, 6.45) is 3.01. The Kier molecular flexibility index (Phi) is 6.51. The molecule has 3 heterocycles. The van der Waals surface area contributed by atoms with Gasteiger partial charge in [0, 0.05) is 24.7 Å². The fourth-order valence-corrected chi connectivity index (χ4v) is 4.56. The minimum absolute atomic E-state index is 0.0722. The molecule has 0 radical (unpaired) electrons. The van der Waals surface area contributed by atoms with E-state index in [0.29, 0.717) is 12.5 Å². The average Bonchev–Trinajstić information content (AvgIpc) is 2.54. The third-order valence-electron chi connectivity index (χ3n) is 6.11. The summed E-state index contributed by atoms with van der Waals surface area (Å²) >= 11 is 0. The molecule has 0 aromatic rings. The Morgan fingerprint density at radius 2 is 1.25 bits per heavy atom. The molecule has 0 saturated carbocycles. The molecule has 0 amide bonds. The molecule has 0 aliphatic carbocycles. The molecule has 3 aliphatic heterocycles. The SMILES string of the molecule is C[C@H]1[C@@H](C[C@@H]2CCOC(C)(C)O2)OC(C)(C)O[C@@H]1C[C@H]1OC(C)(C)OC[C@H]1C. The van der Waals surface area contributed by atoms with Gasteiger partial charge in [-0.2, -0.15) is 0 Å². The van der Waals surface area contributed by atoms with Gasteiger partial charge < -0.3 is 28.4 Å². The first-order valence-electron chi connectivity index (χ1n) is 10.8. The van der Waals surface area contributed by atoms with Gasteiger partial charge in [0.1, 0.15) is 0 Å². The minimum atomic E-state index is -0.619. The van der Waals surface area contributed by atoms with Crippen LogP contribution in [0.3, 0.4) is 0 Å². The lowest BCUT2D eigenvalue weighted by molar-refractivity contribution is -0.343. The molecule has 0 aromatic heterocycles. The molecule has 3 rings (SSSR count). The molecule has 0 spiro atoms. The summed E-state index contributed by atoms with van der Waals surface area (Å²) in [7, 11) is 0. The zero-order chi connectivity index (χ0) is 20.7. The van der Waals surface area contributed by atoms with Gasteiger partial charge in [0.2, 0.25) is 0 Å². The van der Waals surface area contributed by atoms with Gasteiger partial charge >= 0.3 is 0 Å². The maximum absolute atomic E-state index is 6.36. The molecular weight excluding hydrogens is 360 g/mol. The Morgan fingerprint density at radius 3 is 1.89 bits per heavy atom. The normalized spacial score (nSPS) is 42.9. The van der Waals surface area contributed by atoms with Gasteiger partial charge in [-0.1, -0.05) is 13.8 Å². The van der Waals surface area contributed by atoms with E-state index in [0.717, 1.165) is 25.9 Å². The van der Waals surface area contributed by atoms with Crippen LogP contribution in [0.4, 0.5) is 0 Å². The van der Waals surface area contributed by atoms with Gasteiger partial charge in [0.25, 0.3) is 0 Å². The van der Waals surface area contributed by atoms with Gasteiger partial charge in [-0.15, -0.1) is 0 Å². The van der Waals surface area contributed by atoms with Gasteiger partial charge in [-0.25, -0.2) is 0 Å². The van der Waals surface area contributed by atoms with Crippen molar-refractivity contribution in [3.63, 3.8) is 0 Å². The molecule has 164 valence electrons.